The first-order valence-corrected chi connectivity index (χ1v) is 7.34. The second-order valence-electron chi connectivity index (χ2n) is 4.77. The third-order valence-corrected chi connectivity index (χ3v) is 3.10. The van der Waals surface area contributed by atoms with Crippen molar-refractivity contribution in [3.05, 3.63) is 0 Å². The van der Waals surface area contributed by atoms with E-state index in [1.165, 1.54) is 38.8 Å². The minimum Gasteiger partial charge on any atom is -0.396 e. The molecule has 104 valence electrons. The Labute approximate surface area is 108 Å². The van der Waals surface area contributed by atoms with E-state index in [4.69, 9.17) is 5.11 Å². The zero-order valence-electron chi connectivity index (χ0n) is 12.0. The van der Waals surface area contributed by atoms with Crippen LogP contribution in [-0.4, -0.2) is 48.8 Å². The van der Waals surface area contributed by atoms with Crippen LogP contribution < -0.4 is 5.32 Å². The first kappa shape index (κ1) is 16.9. The highest BCUT2D eigenvalue weighted by Gasteiger charge is 2.12. The Hall–Kier alpha value is -0.120. The number of aliphatic hydroxyl groups excluding tert-OH is 1. The minimum absolute atomic E-state index is 0.285. The maximum Gasteiger partial charge on any atom is 0.0446 e. The summed E-state index contributed by atoms with van der Waals surface area (Å²) in [4.78, 5) is 2.55. The smallest absolute Gasteiger partial charge is 0.0446 e. The van der Waals surface area contributed by atoms with Gasteiger partial charge in [-0.2, -0.15) is 0 Å². The fourth-order valence-corrected chi connectivity index (χ4v) is 2.07. The highest BCUT2D eigenvalue weighted by atomic mass is 16.3. The lowest BCUT2D eigenvalue weighted by molar-refractivity contribution is 0.204. The molecule has 0 heterocycles. The van der Waals surface area contributed by atoms with Crippen LogP contribution in [0.15, 0.2) is 0 Å². The number of rotatable bonds is 12. The number of nitrogens with one attached hydrogen (secondary N) is 1. The van der Waals surface area contributed by atoms with Crippen LogP contribution in [0.3, 0.4) is 0 Å². The molecule has 0 aliphatic rings. The summed E-state index contributed by atoms with van der Waals surface area (Å²) in [7, 11) is 0. The van der Waals surface area contributed by atoms with E-state index in [0.717, 1.165) is 19.5 Å². The predicted octanol–water partition coefficient (Wildman–Crippen LogP) is 2.25. The van der Waals surface area contributed by atoms with Crippen molar-refractivity contribution >= 4 is 0 Å². The molecule has 1 unspecified atom stereocenters. The van der Waals surface area contributed by atoms with Gasteiger partial charge in [0.1, 0.15) is 0 Å². The third kappa shape index (κ3) is 9.57. The molecule has 0 spiro atoms. The first-order valence-electron chi connectivity index (χ1n) is 7.34. The standard InChI is InChI=1S/C14H32N2O/c1-4-7-10-16(11-8-5-2)13-14(9-12-17)15-6-3/h14-15,17H,4-13H2,1-3H3. The van der Waals surface area contributed by atoms with Crippen LogP contribution in [0, 0.1) is 0 Å². The molecule has 0 bridgehead atoms. The zero-order chi connectivity index (χ0) is 12.9. The second-order valence-corrected chi connectivity index (χ2v) is 4.77. The fourth-order valence-electron chi connectivity index (χ4n) is 2.07. The molecule has 0 saturated carbocycles. The van der Waals surface area contributed by atoms with Gasteiger partial charge in [-0.25, -0.2) is 0 Å². The van der Waals surface area contributed by atoms with Gasteiger partial charge in [-0.15, -0.1) is 0 Å². The van der Waals surface area contributed by atoms with Crippen molar-refractivity contribution in [1.82, 2.24) is 10.2 Å². The average Bonchev–Trinajstić information content (AvgIpc) is 2.33. The van der Waals surface area contributed by atoms with Crippen molar-refractivity contribution in [3.8, 4) is 0 Å². The molecule has 0 amide bonds. The minimum atomic E-state index is 0.285. The molecule has 0 rings (SSSR count). The SMILES string of the molecule is CCCCN(CCCC)CC(CCO)NCC. The first-order chi connectivity index (χ1) is 8.28. The summed E-state index contributed by atoms with van der Waals surface area (Å²) in [6.07, 6.45) is 5.94. The van der Waals surface area contributed by atoms with Crippen LogP contribution in [0.5, 0.6) is 0 Å². The van der Waals surface area contributed by atoms with Gasteiger partial charge in [0.05, 0.1) is 0 Å². The summed E-state index contributed by atoms with van der Waals surface area (Å²) in [6.45, 7) is 11.4. The normalized spacial score (nSPS) is 13.2. The molecule has 0 aliphatic heterocycles. The maximum absolute atomic E-state index is 9.07. The number of nitrogens with zero attached hydrogens (tertiary/aromatic N) is 1. The lowest BCUT2D eigenvalue weighted by Gasteiger charge is -2.27. The van der Waals surface area contributed by atoms with Gasteiger partial charge in [-0.3, -0.25) is 0 Å². The van der Waals surface area contributed by atoms with Gasteiger partial charge in [0.25, 0.3) is 0 Å². The van der Waals surface area contributed by atoms with E-state index in [1.54, 1.807) is 0 Å². The molecule has 0 aliphatic carbocycles. The van der Waals surface area contributed by atoms with Gasteiger partial charge in [0.15, 0.2) is 0 Å². The largest absolute Gasteiger partial charge is 0.396 e. The molecule has 0 saturated heterocycles. The van der Waals surface area contributed by atoms with Crippen LogP contribution in [0.1, 0.15) is 52.9 Å². The van der Waals surface area contributed by atoms with Gasteiger partial charge < -0.3 is 15.3 Å². The summed E-state index contributed by atoms with van der Waals surface area (Å²) in [5.41, 5.74) is 0. The Bertz CT molecular complexity index is 139. The van der Waals surface area contributed by atoms with Crippen LogP contribution in [0.2, 0.25) is 0 Å². The summed E-state index contributed by atoms with van der Waals surface area (Å²) in [5.74, 6) is 0. The predicted molar refractivity (Wildman–Crippen MR) is 75.4 cm³/mol. The van der Waals surface area contributed by atoms with E-state index >= 15 is 0 Å². The van der Waals surface area contributed by atoms with Gasteiger partial charge >= 0.3 is 0 Å². The summed E-state index contributed by atoms with van der Waals surface area (Å²) < 4.78 is 0. The van der Waals surface area contributed by atoms with E-state index in [1.807, 2.05) is 0 Å². The molecule has 1 atom stereocenters. The van der Waals surface area contributed by atoms with Crippen molar-refractivity contribution in [2.45, 2.75) is 58.9 Å². The second kappa shape index (κ2) is 12.3. The number of hydrogen-bond donors (Lipinski definition) is 2. The molecular weight excluding hydrogens is 212 g/mol. The molecule has 17 heavy (non-hydrogen) atoms. The van der Waals surface area contributed by atoms with E-state index in [2.05, 4.69) is 31.0 Å². The van der Waals surface area contributed by atoms with Crippen molar-refractivity contribution in [1.29, 1.82) is 0 Å². The van der Waals surface area contributed by atoms with Gasteiger partial charge in [0.2, 0.25) is 0 Å². The molecule has 0 radical (unpaired) electrons. The Morgan fingerprint density at radius 1 is 1.06 bits per heavy atom. The number of likely N-dealkylation sites (N-methyl/N-ethyl adjacent to an activating group) is 1. The average molecular weight is 244 g/mol. The Morgan fingerprint density at radius 3 is 2.06 bits per heavy atom. The molecule has 2 N–H and O–H groups in total. The highest BCUT2D eigenvalue weighted by Crippen LogP contribution is 2.03. The Kier molecular flexibility index (Phi) is 12.3. The van der Waals surface area contributed by atoms with Gasteiger partial charge in [-0.05, 0) is 38.9 Å². The zero-order valence-corrected chi connectivity index (χ0v) is 12.0. The molecule has 3 heteroatoms. The topological polar surface area (TPSA) is 35.5 Å². The van der Waals surface area contributed by atoms with Crippen LogP contribution >= 0.6 is 0 Å². The summed E-state index contributed by atoms with van der Waals surface area (Å²) in [6, 6.07) is 0.443. The summed E-state index contributed by atoms with van der Waals surface area (Å²) in [5, 5.41) is 12.5. The molecule has 3 nitrogen and oxygen atoms in total. The van der Waals surface area contributed by atoms with Crippen molar-refractivity contribution in [3.63, 3.8) is 0 Å². The van der Waals surface area contributed by atoms with Crippen LogP contribution in [0.4, 0.5) is 0 Å². The van der Waals surface area contributed by atoms with E-state index in [9.17, 15) is 0 Å². The number of hydrogen-bond acceptors (Lipinski definition) is 3. The van der Waals surface area contributed by atoms with Crippen LogP contribution in [0.25, 0.3) is 0 Å². The van der Waals surface area contributed by atoms with Crippen molar-refractivity contribution < 1.29 is 5.11 Å². The van der Waals surface area contributed by atoms with Gasteiger partial charge in [-0.1, -0.05) is 33.6 Å². The molecular formula is C14H32N2O. The number of unbranched alkanes of at least 4 members (excludes halogenated alkanes) is 2. The Morgan fingerprint density at radius 2 is 1.65 bits per heavy atom. The maximum atomic E-state index is 9.07. The quantitative estimate of drug-likeness (QED) is 0.553. The monoisotopic (exact) mass is 244 g/mol. The molecule has 0 aromatic rings. The van der Waals surface area contributed by atoms with Crippen LogP contribution in [-0.2, 0) is 0 Å². The third-order valence-electron chi connectivity index (χ3n) is 3.10. The lowest BCUT2D eigenvalue weighted by Crippen LogP contribution is -2.42. The molecule has 0 aromatic carbocycles. The van der Waals surface area contributed by atoms with Crippen molar-refractivity contribution in [2.24, 2.45) is 0 Å². The van der Waals surface area contributed by atoms with Gasteiger partial charge in [0, 0.05) is 19.2 Å². The summed E-state index contributed by atoms with van der Waals surface area (Å²) >= 11 is 0. The molecule has 0 fully saturated rings. The van der Waals surface area contributed by atoms with Crippen molar-refractivity contribution in [2.75, 3.05) is 32.8 Å². The van der Waals surface area contributed by atoms with E-state index < -0.39 is 0 Å². The number of aliphatic hydroxyl groups is 1. The molecule has 0 aromatic heterocycles. The Balaban J connectivity index is 4.04. The highest BCUT2D eigenvalue weighted by molar-refractivity contribution is 4.71. The van der Waals surface area contributed by atoms with E-state index in [0.29, 0.717) is 6.04 Å². The lowest BCUT2D eigenvalue weighted by atomic mass is 10.1. The fraction of sp³-hybridized carbons (Fsp3) is 1.00. The van der Waals surface area contributed by atoms with E-state index in [-0.39, 0.29) is 6.61 Å².